The normalized spacial score (nSPS) is 20.0. The maximum atomic E-state index is 13.5. The lowest BCUT2D eigenvalue weighted by Crippen LogP contribution is -2.44. The van der Waals surface area contributed by atoms with Crippen molar-refractivity contribution in [3.8, 4) is 0 Å². The summed E-state index contributed by atoms with van der Waals surface area (Å²) in [5.41, 5.74) is 7.78. The molecule has 2 aliphatic rings. The molecule has 0 aromatic carbocycles. The number of fused-ring (bicyclic) bond motifs is 1. The van der Waals surface area contributed by atoms with Crippen LogP contribution in [0.4, 0.5) is 5.95 Å². The van der Waals surface area contributed by atoms with E-state index in [1.807, 2.05) is 18.4 Å². The monoisotopic (exact) mass is 429 g/mol. The molecule has 2 fully saturated rings. The lowest BCUT2D eigenvalue weighted by Gasteiger charge is -2.31. The van der Waals surface area contributed by atoms with E-state index in [1.165, 1.54) is 27.5 Å². The molecule has 4 rings (SSSR count). The second-order valence-corrected chi connectivity index (χ2v) is 9.17. The van der Waals surface area contributed by atoms with E-state index in [4.69, 9.17) is 10.7 Å². The van der Waals surface area contributed by atoms with Crippen molar-refractivity contribution in [1.29, 1.82) is 0 Å². The van der Waals surface area contributed by atoms with Crippen molar-refractivity contribution >= 4 is 17.1 Å². The van der Waals surface area contributed by atoms with Gasteiger partial charge in [0, 0.05) is 45.8 Å². The van der Waals surface area contributed by atoms with Crippen molar-refractivity contribution in [3.05, 3.63) is 32.5 Å². The predicted molar refractivity (Wildman–Crippen MR) is 124 cm³/mol. The minimum absolute atomic E-state index is 0.0893. The molecule has 2 aromatic rings. The number of rotatable bonds is 6. The number of anilines is 1. The maximum absolute atomic E-state index is 13.5. The van der Waals surface area contributed by atoms with Crippen LogP contribution in [-0.4, -0.2) is 62.4 Å². The molecule has 0 spiro atoms. The first-order valence-corrected chi connectivity index (χ1v) is 11.4. The van der Waals surface area contributed by atoms with Crippen LogP contribution in [0.3, 0.4) is 0 Å². The van der Waals surface area contributed by atoms with Crippen LogP contribution in [0.25, 0.3) is 11.2 Å². The maximum Gasteiger partial charge on any atom is 0.332 e. The molecule has 31 heavy (non-hydrogen) atoms. The second kappa shape index (κ2) is 9.00. The van der Waals surface area contributed by atoms with Crippen LogP contribution in [0.1, 0.15) is 39.5 Å². The smallest absolute Gasteiger partial charge is 0.332 e. The number of allylic oxidation sites excluding steroid dienone is 2. The summed E-state index contributed by atoms with van der Waals surface area (Å²) >= 11 is 0. The first kappa shape index (κ1) is 21.8. The first-order valence-electron chi connectivity index (χ1n) is 11.4. The molecule has 2 saturated heterocycles. The van der Waals surface area contributed by atoms with E-state index in [1.54, 1.807) is 7.05 Å². The Kier molecular flexibility index (Phi) is 6.34. The van der Waals surface area contributed by atoms with Crippen molar-refractivity contribution < 1.29 is 0 Å². The van der Waals surface area contributed by atoms with Gasteiger partial charge in [0.15, 0.2) is 11.2 Å². The van der Waals surface area contributed by atoms with Crippen molar-refractivity contribution in [3.63, 3.8) is 0 Å². The van der Waals surface area contributed by atoms with Crippen LogP contribution in [-0.2, 0) is 20.1 Å². The molecule has 1 unspecified atom stereocenters. The summed E-state index contributed by atoms with van der Waals surface area (Å²) in [5, 5.41) is 0. The Morgan fingerprint density at radius 1 is 1.10 bits per heavy atom. The van der Waals surface area contributed by atoms with Crippen LogP contribution >= 0.6 is 0 Å². The van der Waals surface area contributed by atoms with Gasteiger partial charge in [-0.2, -0.15) is 4.98 Å². The van der Waals surface area contributed by atoms with E-state index in [9.17, 15) is 9.59 Å². The van der Waals surface area contributed by atoms with Crippen molar-refractivity contribution in [2.45, 2.75) is 58.7 Å². The molecule has 0 radical (unpaired) electrons. The Morgan fingerprint density at radius 3 is 2.52 bits per heavy atom. The summed E-state index contributed by atoms with van der Waals surface area (Å²) in [6, 6.07) is 0.0893. The van der Waals surface area contributed by atoms with E-state index in [-0.39, 0.29) is 17.3 Å². The number of nitrogens with two attached hydrogens (primary N) is 1. The summed E-state index contributed by atoms with van der Waals surface area (Å²) < 4.78 is 4.87. The zero-order valence-electron chi connectivity index (χ0n) is 19.0. The molecule has 4 heterocycles. The van der Waals surface area contributed by atoms with Crippen LogP contribution in [0.15, 0.2) is 21.2 Å². The summed E-state index contributed by atoms with van der Waals surface area (Å²) in [6.07, 6.45) is 6.44. The minimum Gasteiger partial charge on any atom is -0.341 e. The number of likely N-dealkylation sites (tertiary alicyclic amines) is 1. The summed E-state index contributed by atoms with van der Waals surface area (Å²) in [5.74, 6) is 0.729. The van der Waals surface area contributed by atoms with Gasteiger partial charge in [-0.15, -0.1) is 0 Å². The third kappa shape index (κ3) is 4.34. The van der Waals surface area contributed by atoms with Crippen LogP contribution in [0.2, 0.25) is 0 Å². The first-order chi connectivity index (χ1) is 14.9. The van der Waals surface area contributed by atoms with Crippen molar-refractivity contribution in [1.82, 2.24) is 23.6 Å². The molecule has 170 valence electrons. The van der Waals surface area contributed by atoms with Gasteiger partial charge < -0.3 is 20.1 Å². The molecular weight excluding hydrogens is 394 g/mol. The zero-order chi connectivity index (χ0) is 22.1. The number of hydrogen-bond donors (Lipinski definition) is 1. The van der Waals surface area contributed by atoms with Gasteiger partial charge in [0.05, 0.1) is 0 Å². The van der Waals surface area contributed by atoms with Crippen molar-refractivity contribution in [2.24, 2.45) is 12.8 Å². The van der Waals surface area contributed by atoms with Crippen molar-refractivity contribution in [2.75, 3.05) is 37.6 Å². The summed E-state index contributed by atoms with van der Waals surface area (Å²) in [4.78, 5) is 35.8. The van der Waals surface area contributed by atoms with Crippen LogP contribution in [0, 0.1) is 0 Å². The van der Waals surface area contributed by atoms with Crippen LogP contribution < -0.4 is 21.9 Å². The van der Waals surface area contributed by atoms with Gasteiger partial charge in [-0.3, -0.25) is 13.9 Å². The number of hydrogen-bond acceptors (Lipinski definition) is 6. The zero-order valence-corrected chi connectivity index (χ0v) is 19.0. The summed E-state index contributed by atoms with van der Waals surface area (Å²) in [7, 11) is 1.71. The van der Waals surface area contributed by atoms with Gasteiger partial charge in [0.2, 0.25) is 5.95 Å². The molecule has 0 amide bonds. The Morgan fingerprint density at radius 2 is 1.84 bits per heavy atom. The molecule has 0 bridgehead atoms. The fraction of sp³-hybridized carbons (Fsp3) is 0.682. The van der Waals surface area contributed by atoms with E-state index in [0.29, 0.717) is 30.8 Å². The van der Waals surface area contributed by atoms with E-state index in [2.05, 4.69) is 15.9 Å². The van der Waals surface area contributed by atoms with Gasteiger partial charge >= 0.3 is 5.69 Å². The average Bonchev–Trinajstić information content (AvgIpc) is 3.38. The van der Waals surface area contributed by atoms with E-state index < -0.39 is 0 Å². The van der Waals surface area contributed by atoms with Gasteiger partial charge in [-0.05, 0) is 52.6 Å². The molecule has 9 heteroatoms. The number of nitrogens with zero attached hydrogens (tertiary/aromatic N) is 6. The molecule has 2 aliphatic heterocycles. The molecule has 2 N–H and O–H groups in total. The average molecular weight is 430 g/mol. The fourth-order valence-electron chi connectivity index (χ4n) is 4.68. The molecular formula is C22H35N7O2. The number of aryl methyl sites for hydroxylation is 1. The lowest BCUT2D eigenvalue weighted by atomic mass is 10.1. The highest BCUT2D eigenvalue weighted by atomic mass is 16.2. The number of aromatic nitrogens is 4. The molecule has 0 saturated carbocycles. The third-order valence-corrected chi connectivity index (χ3v) is 6.47. The molecule has 9 nitrogen and oxygen atoms in total. The highest BCUT2D eigenvalue weighted by Gasteiger charge is 2.26. The number of piperidine rings is 1. The highest BCUT2D eigenvalue weighted by Crippen LogP contribution is 2.23. The topological polar surface area (TPSA) is 94.3 Å². The fourth-order valence-corrected chi connectivity index (χ4v) is 4.68. The quantitative estimate of drug-likeness (QED) is 0.686. The Hall–Kier alpha value is -2.39. The molecule has 1 atom stereocenters. The van der Waals surface area contributed by atoms with Gasteiger partial charge in [0.1, 0.15) is 0 Å². The Bertz CT molecular complexity index is 1080. The van der Waals surface area contributed by atoms with E-state index >= 15 is 0 Å². The Labute approximate surface area is 182 Å². The van der Waals surface area contributed by atoms with Gasteiger partial charge in [0.25, 0.3) is 5.56 Å². The summed E-state index contributed by atoms with van der Waals surface area (Å²) in [6.45, 7) is 9.37. The lowest BCUT2D eigenvalue weighted by molar-refractivity contribution is 0.317. The van der Waals surface area contributed by atoms with E-state index in [0.717, 1.165) is 45.0 Å². The predicted octanol–water partition coefficient (Wildman–Crippen LogP) is 0.886. The van der Waals surface area contributed by atoms with Gasteiger partial charge in [-0.25, -0.2) is 4.79 Å². The third-order valence-electron chi connectivity index (χ3n) is 6.47. The van der Waals surface area contributed by atoms with Crippen LogP contribution in [0.5, 0.6) is 0 Å². The SMILES string of the molecule is CC(C)=CCn1c(N2CCCC(N)C2)nc2c1c(=O)n(CCN1CCCC1)c(=O)n2C. The van der Waals surface area contributed by atoms with Gasteiger partial charge in [-0.1, -0.05) is 11.6 Å². The largest absolute Gasteiger partial charge is 0.341 e. The highest BCUT2D eigenvalue weighted by molar-refractivity contribution is 5.74. The minimum atomic E-state index is -0.301. The second-order valence-electron chi connectivity index (χ2n) is 9.17. The standard InChI is InChI=1S/C22H35N7O2/c1-16(2)8-12-28-18-19(24-21(28)27-11-6-7-17(23)15-27)25(3)22(31)29(20(18)30)14-13-26-9-4-5-10-26/h8,17H,4-7,9-15,23H2,1-3H3. The molecule has 0 aliphatic carbocycles. The molecule has 2 aromatic heterocycles. The Balaban J connectivity index is 1.83. The number of imidazole rings is 1.